The average Bonchev–Trinajstić information content (AvgIpc) is 3.36. The minimum Gasteiger partial charge on any atom is -0.477 e. The summed E-state index contributed by atoms with van der Waals surface area (Å²) in [5.41, 5.74) is 8.84. The molecule has 1 atom stereocenters. The summed E-state index contributed by atoms with van der Waals surface area (Å²) in [5, 5.41) is 8.88. The van der Waals surface area contributed by atoms with Gasteiger partial charge in [-0.15, -0.1) is 12.4 Å². The van der Waals surface area contributed by atoms with Crippen LogP contribution in [0.1, 0.15) is 42.6 Å². The summed E-state index contributed by atoms with van der Waals surface area (Å²) in [4.78, 5) is 25.5. The van der Waals surface area contributed by atoms with Crippen molar-refractivity contribution in [3.8, 4) is 0 Å². The molecule has 0 spiro atoms. The van der Waals surface area contributed by atoms with Crippen LogP contribution in [0.5, 0.6) is 0 Å². The molecule has 0 radical (unpaired) electrons. The summed E-state index contributed by atoms with van der Waals surface area (Å²) in [6.07, 6.45) is 3.12. The number of aromatic carboxylic acids is 1. The maximum absolute atomic E-state index is 15.5. The highest BCUT2D eigenvalue weighted by Gasteiger charge is 2.36. The number of benzene rings is 1. The molecule has 2 aromatic rings. The summed E-state index contributed by atoms with van der Waals surface area (Å²) in [6.45, 7) is 2.39. The van der Waals surface area contributed by atoms with Crippen molar-refractivity contribution in [2.75, 3.05) is 23.7 Å². The van der Waals surface area contributed by atoms with Gasteiger partial charge in [-0.2, -0.15) is 0 Å². The van der Waals surface area contributed by atoms with Crippen molar-refractivity contribution >= 4 is 40.7 Å². The molecule has 28 heavy (non-hydrogen) atoms. The number of pyridine rings is 1. The van der Waals surface area contributed by atoms with Crippen molar-refractivity contribution in [2.24, 2.45) is 5.73 Å². The second kappa shape index (κ2) is 6.59. The van der Waals surface area contributed by atoms with Crippen LogP contribution >= 0.6 is 12.4 Å². The van der Waals surface area contributed by atoms with Gasteiger partial charge in [0.1, 0.15) is 11.3 Å². The molecule has 1 saturated heterocycles. The van der Waals surface area contributed by atoms with E-state index in [1.54, 1.807) is 6.92 Å². The standard InChI is InChI=1S/C18H20F2N4O3.ClH/c1-18(22)4-5-23(7-18)15-11(19)13(21)10-14(12(15)20)24(8-2-3-8)6-9(16(10)25)17(26)27;/h6,8H,2-5,7,21-22H2,1H3,(H,26,27);1H. The molecule has 152 valence electrons. The highest BCUT2D eigenvalue weighted by Crippen LogP contribution is 2.42. The van der Waals surface area contributed by atoms with Crippen LogP contribution in [0.15, 0.2) is 11.0 Å². The van der Waals surface area contributed by atoms with Crippen LogP contribution in [0.3, 0.4) is 0 Å². The van der Waals surface area contributed by atoms with E-state index in [1.807, 2.05) is 0 Å². The van der Waals surface area contributed by atoms with Crippen molar-refractivity contribution in [1.29, 1.82) is 0 Å². The molecule has 10 heteroatoms. The second-order valence-corrected chi connectivity index (χ2v) is 7.75. The molecule has 7 nitrogen and oxygen atoms in total. The van der Waals surface area contributed by atoms with Crippen LogP contribution in [-0.2, 0) is 0 Å². The fourth-order valence-electron chi connectivity index (χ4n) is 3.80. The minimum atomic E-state index is -1.46. The van der Waals surface area contributed by atoms with E-state index < -0.39 is 45.2 Å². The van der Waals surface area contributed by atoms with Gasteiger partial charge in [-0.1, -0.05) is 0 Å². The number of carboxylic acid groups (broad SMARTS) is 1. The van der Waals surface area contributed by atoms with Crippen LogP contribution < -0.4 is 21.8 Å². The largest absolute Gasteiger partial charge is 0.477 e. The summed E-state index contributed by atoms with van der Waals surface area (Å²) < 4.78 is 31.9. The number of carbonyl (C=O) groups is 1. The number of hydrogen-bond acceptors (Lipinski definition) is 5. The monoisotopic (exact) mass is 414 g/mol. The van der Waals surface area contributed by atoms with E-state index in [-0.39, 0.29) is 36.2 Å². The Bertz CT molecular complexity index is 1050. The molecule has 2 fully saturated rings. The summed E-state index contributed by atoms with van der Waals surface area (Å²) in [6, 6.07) is -0.142. The van der Waals surface area contributed by atoms with Gasteiger partial charge in [-0.05, 0) is 26.2 Å². The second-order valence-electron chi connectivity index (χ2n) is 7.75. The van der Waals surface area contributed by atoms with E-state index in [1.165, 1.54) is 9.47 Å². The zero-order valence-electron chi connectivity index (χ0n) is 15.2. The highest BCUT2D eigenvalue weighted by molar-refractivity contribution is 5.99. The van der Waals surface area contributed by atoms with E-state index >= 15 is 8.78 Å². The number of halogens is 3. The van der Waals surface area contributed by atoms with Crippen LogP contribution in [0.4, 0.5) is 20.2 Å². The van der Waals surface area contributed by atoms with Gasteiger partial charge in [0.05, 0.1) is 16.6 Å². The molecule has 5 N–H and O–H groups in total. The van der Waals surface area contributed by atoms with E-state index in [4.69, 9.17) is 11.5 Å². The molecular formula is C18H21ClF2N4O3. The minimum absolute atomic E-state index is 0. The predicted molar refractivity (Wildman–Crippen MR) is 104 cm³/mol. The Morgan fingerprint density at radius 2 is 1.96 bits per heavy atom. The molecule has 0 amide bonds. The molecule has 2 heterocycles. The summed E-state index contributed by atoms with van der Waals surface area (Å²) in [5.74, 6) is -3.42. The van der Waals surface area contributed by atoms with Crippen LogP contribution in [-0.4, -0.2) is 34.3 Å². The van der Waals surface area contributed by atoms with Crippen molar-refractivity contribution < 1.29 is 18.7 Å². The van der Waals surface area contributed by atoms with E-state index in [0.29, 0.717) is 25.8 Å². The third kappa shape index (κ3) is 2.98. The number of anilines is 2. The number of fused-ring (bicyclic) bond motifs is 1. The van der Waals surface area contributed by atoms with E-state index in [2.05, 4.69) is 0 Å². The molecule has 1 aromatic carbocycles. The van der Waals surface area contributed by atoms with Crippen molar-refractivity contribution in [2.45, 2.75) is 37.8 Å². The van der Waals surface area contributed by atoms with Crippen molar-refractivity contribution in [3.63, 3.8) is 0 Å². The van der Waals surface area contributed by atoms with Crippen molar-refractivity contribution in [1.82, 2.24) is 4.57 Å². The Hall–Kier alpha value is -2.39. The number of nitrogens with two attached hydrogens (primary N) is 2. The summed E-state index contributed by atoms with van der Waals surface area (Å²) in [7, 11) is 0. The lowest BCUT2D eigenvalue weighted by Gasteiger charge is -2.25. The maximum atomic E-state index is 15.5. The van der Waals surface area contributed by atoms with E-state index in [0.717, 1.165) is 6.20 Å². The smallest absolute Gasteiger partial charge is 0.341 e. The fourth-order valence-corrected chi connectivity index (χ4v) is 3.80. The van der Waals surface area contributed by atoms with Gasteiger partial charge in [-0.3, -0.25) is 4.79 Å². The third-order valence-corrected chi connectivity index (χ3v) is 5.36. The third-order valence-electron chi connectivity index (χ3n) is 5.36. The average molecular weight is 415 g/mol. The molecule has 2 aliphatic rings. The van der Waals surface area contributed by atoms with Gasteiger partial charge in [-0.25, -0.2) is 13.6 Å². The van der Waals surface area contributed by atoms with Crippen LogP contribution in [0, 0.1) is 11.6 Å². The number of nitrogens with zero attached hydrogens (tertiary/aromatic N) is 2. The van der Waals surface area contributed by atoms with Gasteiger partial charge in [0, 0.05) is 30.9 Å². The first kappa shape index (κ1) is 20.3. The molecule has 4 rings (SSSR count). The van der Waals surface area contributed by atoms with E-state index in [9.17, 15) is 14.7 Å². The Morgan fingerprint density at radius 1 is 1.32 bits per heavy atom. The Labute approximate surface area is 165 Å². The number of carboxylic acids is 1. The number of nitrogen functional groups attached to an aromatic ring is 1. The molecular weight excluding hydrogens is 394 g/mol. The topological polar surface area (TPSA) is 115 Å². The Kier molecular flexibility index (Phi) is 4.79. The van der Waals surface area contributed by atoms with Gasteiger partial charge < -0.3 is 26.0 Å². The normalized spacial score (nSPS) is 21.8. The fraction of sp³-hybridized carbons (Fsp3) is 0.444. The lowest BCUT2D eigenvalue weighted by Crippen LogP contribution is -2.39. The zero-order valence-corrected chi connectivity index (χ0v) is 16.0. The lowest BCUT2D eigenvalue weighted by atomic mass is 10.0. The molecule has 1 aliphatic heterocycles. The SMILES string of the molecule is CC1(N)CCN(c2c(F)c(N)c3c(=O)c(C(=O)O)cn(C4CC4)c3c2F)C1.Cl. The molecule has 1 aromatic heterocycles. The first-order valence-electron chi connectivity index (χ1n) is 8.75. The molecule has 1 aliphatic carbocycles. The molecule has 1 unspecified atom stereocenters. The number of aromatic nitrogens is 1. The Balaban J connectivity index is 0.00000225. The van der Waals surface area contributed by atoms with Gasteiger partial charge in [0.25, 0.3) is 0 Å². The van der Waals surface area contributed by atoms with Crippen LogP contribution in [0.25, 0.3) is 10.9 Å². The predicted octanol–water partition coefficient (Wildman–Crippen LogP) is 2.24. The first-order valence-corrected chi connectivity index (χ1v) is 8.75. The highest BCUT2D eigenvalue weighted by atomic mass is 35.5. The first-order chi connectivity index (χ1) is 12.6. The zero-order chi connectivity index (χ0) is 19.7. The van der Waals surface area contributed by atoms with Gasteiger partial charge >= 0.3 is 5.97 Å². The van der Waals surface area contributed by atoms with Crippen LogP contribution in [0.2, 0.25) is 0 Å². The maximum Gasteiger partial charge on any atom is 0.341 e. The summed E-state index contributed by atoms with van der Waals surface area (Å²) >= 11 is 0. The Morgan fingerprint density at radius 3 is 2.46 bits per heavy atom. The quantitative estimate of drug-likeness (QED) is 0.663. The van der Waals surface area contributed by atoms with Gasteiger partial charge in [0.2, 0.25) is 5.43 Å². The number of rotatable bonds is 3. The van der Waals surface area contributed by atoms with Crippen molar-refractivity contribution in [3.05, 3.63) is 33.6 Å². The van der Waals surface area contributed by atoms with Gasteiger partial charge in [0.15, 0.2) is 11.6 Å². The number of hydrogen-bond donors (Lipinski definition) is 3. The molecule has 1 saturated carbocycles. The molecule has 0 bridgehead atoms. The lowest BCUT2D eigenvalue weighted by molar-refractivity contribution is 0.0695.